The van der Waals surface area contributed by atoms with Crippen LogP contribution in [0.1, 0.15) is 101 Å². The third kappa shape index (κ3) is 6.66. The van der Waals surface area contributed by atoms with Gasteiger partial charge in [-0.25, -0.2) is 13.2 Å². The Balaban J connectivity index is 1.30. The SMILES string of the molecule is CC1CCC(CCCCC2CCC(c3cc(F)c(-c4ccc(C(F)(F)F)c(F)c4)c(F)c3)CC2)CC1. The van der Waals surface area contributed by atoms with E-state index in [0.717, 1.165) is 43.6 Å². The van der Waals surface area contributed by atoms with Gasteiger partial charge in [-0.3, -0.25) is 0 Å². The Morgan fingerprint density at radius 2 is 1.22 bits per heavy atom. The van der Waals surface area contributed by atoms with Gasteiger partial charge in [-0.05, 0) is 84.7 Å². The van der Waals surface area contributed by atoms with Gasteiger partial charge in [-0.2, -0.15) is 13.2 Å². The van der Waals surface area contributed by atoms with E-state index in [2.05, 4.69) is 6.92 Å². The Hall–Kier alpha value is -1.98. The molecule has 36 heavy (non-hydrogen) atoms. The van der Waals surface area contributed by atoms with E-state index in [1.54, 1.807) is 0 Å². The highest BCUT2D eigenvalue weighted by Crippen LogP contribution is 2.41. The molecule has 0 heterocycles. The molecule has 0 saturated heterocycles. The zero-order chi connectivity index (χ0) is 25.9. The van der Waals surface area contributed by atoms with Crippen molar-refractivity contribution in [3.8, 4) is 11.1 Å². The molecule has 0 N–H and O–H groups in total. The lowest BCUT2D eigenvalue weighted by Crippen LogP contribution is -2.14. The molecule has 0 nitrogen and oxygen atoms in total. The summed E-state index contributed by atoms with van der Waals surface area (Å²) in [6.45, 7) is 2.35. The molecular formula is C30H36F6. The molecule has 2 aliphatic carbocycles. The van der Waals surface area contributed by atoms with E-state index in [0.29, 0.717) is 23.6 Å². The molecule has 0 aliphatic heterocycles. The van der Waals surface area contributed by atoms with Crippen LogP contribution in [-0.4, -0.2) is 0 Å². The van der Waals surface area contributed by atoms with Gasteiger partial charge in [-0.1, -0.05) is 64.4 Å². The number of halogens is 6. The molecule has 6 heteroatoms. The van der Waals surface area contributed by atoms with Crippen LogP contribution in [0, 0.1) is 35.2 Å². The lowest BCUT2D eigenvalue weighted by atomic mass is 9.76. The third-order valence-electron chi connectivity index (χ3n) is 8.56. The molecule has 2 aromatic rings. The van der Waals surface area contributed by atoms with Gasteiger partial charge in [0.05, 0.1) is 11.1 Å². The van der Waals surface area contributed by atoms with Crippen LogP contribution in [0.3, 0.4) is 0 Å². The molecule has 0 radical (unpaired) electrons. The molecular weight excluding hydrogens is 474 g/mol. The smallest absolute Gasteiger partial charge is 0.206 e. The number of hydrogen-bond donors (Lipinski definition) is 0. The number of hydrogen-bond acceptors (Lipinski definition) is 0. The molecule has 2 saturated carbocycles. The van der Waals surface area contributed by atoms with Gasteiger partial charge in [0.25, 0.3) is 0 Å². The van der Waals surface area contributed by atoms with Crippen LogP contribution < -0.4 is 0 Å². The second kappa shape index (κ2) is 11.6. The first-order valence-electron chi connectivity index (χ1n) is 13.5. The van der Waals surface area contributed by atoms with Crippen LogP contribution in [0.2, 0.25) is 0 Å². The fourth-order valence-corrected chi connectivity index (χ4v) is 6.27. The van der Waals surface area contributed by atoms with Gasteiger partial charge >= 0.3 is 6.18 Å². The number of benzene rings is 2. The molecule has 0 amide bonds. The maximum atomic E-state index is 14.9. The van der Waals surface area contributed by atoms with Crippen LogP contribution in [0.4, 0.5) is 26.3 Å². The molecule has 0 atom stereocenters. The average molecular weight is 511 g/mol. The second-order valence-corrected chi connectivity index (χ2v) is 11.2. The number of alkyl halides is 3. The van der Waals surface area contributed by atoms with E-state index < -0.39 is 34.8 Å². The van der Waals surface area contributed by atoms with Gasteiger partial charge in [-0.15, -0.1) is 0 Å². The van der Waals surface area contributed by atoms with Crippen molar-refractivity contribution in [1.29, 1.82) is 0 Å². The Morgan fingerprint density at radius 3 is 1.72 bits per heavy atom. The minimum atomic E-state index is -4.86. The molecule has 0 aromatic heterocycles. The maximum absolute atomic E-state index is 14.9. The monoisotopic (exact) mass is 510 g/mol. The van der Waals surface area contributed by atoms with Crippen molar-refractivity contribution in [3.05, 3.63) is 58.9 Å². The van der Waals surface area contributed by atoms with E-state index >= 15 is 0 Å². The summed E-state index contributed by atoms with van der Waals surface area (Å²) >= 11 is 0. The van der Waals surface area contributed by atoms with E-state index in [4.69, 9.17) is 0 Å². The first kappa shape index (κ1) is 27.1. The van der Waals surface area contributed by atoms with E-state index in [9.17, 15) is 26.3 Å². The quantitative estimate of drug-likeness (QED) is 0.257. The first-order chi connectivity index (χ1) is 17.1. The van der Waals surface area contributed by atoms with Gasteiger partial charge < -0.3 is 0 Å². The van der Waals surface area contributed by atoms with Crippen molar-refractivity contribution in [2.24, 2.45) is 17.8 Å². The van der Waals surface area contributed by atoms with Crippen molar-refractivity contribution < 1.29 is 26.3 Å². The summed E-state index contributed by atoms with van der Waals surface area (Å²) in [4.78, 5) is 0. The molecule has 0 unspecified atom stereocenters. The van der Waals surface area contributed by atoms with Gasteiger partial charge in [0, 0.05) is 0 Å². The summed E-state index contributed by atoms with van der Waals surface area (Å²) in [6.07, 6.45) is 9.58. The van der Waals surface area contributed by atoms with Gasteiger partial charge in [0.2, 0.25) is 0 Å². The first-order valence-corrected chi connectivity index (χ1v) is 13.5. The highest BCUT2D eigenvalue weighted by Gasteiger charge is 2.34. The zero-order valence-electron chi connectivity index (χ0n) is 20.9. The fraction of sp³-hybridized carbons (Fsp3) is 0.600. The molecule has 0 bridgehead atoms. The molecule has 0 spiro atoms. The Morgan fingerprint density at radius 1 is 0.694 bits per heavy atom. The summed E-state index contributed by atoms with van der Waals surface area (Å²) in [5, 5.41) is 0. The minimum absolute atomic E-state index is 0.0628. The normalized spacial score (nSPS) is 25.2. The van der Waals surface area contributed by atoms with Crippen LogP contribution >= 0.6 is 0 Å². The molecule has 198 valence electrons. The van der Waals surface area contributed by atoms with Gasteiger partial charge in [0.15, 0.2) is 0 Å². The van der Waals surface area contributed by atoms with E-state index in [-0.39, 0.29) is 11.5 Å². The lowest BCUT2D eigenvalue weighted by Gasteiger charge is -2.29. The van der Waals surface area contributed by atoms with Crippen molar-refractivity contribution in [2.45, 2.75) is 96.1 Å². The lowest BCUT2D eigenvalue weighted by molar-refractivity contribution is -0.139. The summed E-state index contributed by atoms with van der Waals surface area (Å²) in [5.74, 6) is -0.767. The topological polar surface area (TPSA) is 0 Å². The van der Waals surface area contributed by atoms with E-state index in [1.807, 2.05) is 0 Å². The minimum Gasteiger partial charge on any atom is -0.206 e. The third-order valence-corrected chi connectivity index (χ3v) is 8.56. The fourth-order valence-electron chi connectivity index (χ4n) is 6.27. The van der Waals surface area contributed by atoms with Crippen molar-refractivity contribution in [2.75, 3.05) is 0 Å². The van der Waals surface area contributed by atoms with Crippen LogP contribution in [0.15, 0.2) is 30.3 Å². The standard InChI is InChI=1S/C30H36F6/c1-19-6-8-20(9-7-19)4-2-3-5-21-10-12-22(13-11-21)24-17-27(32)29(28(33)18-24)23-14-15-25(26(31)16-23)30(34,35)36/h14-22H,2-13H2,1H3. The maximum Gasteiger partial charge on any atom is 0.419 e. The van der Waals surface area contributed by atoms with Crippen molar-refractivity contribution >= 4 is 0 Å². The van der Waals surface area contributed by atoms with Gasteiger partial charge in [0.1, 0.15) is 17.5 Å². The van der Waals surface area contributed by atoms with Crippen LogP contribution in [0.5, 0.6) is 0 Å². The van der Waals surface area contributed by atoms with Crippen molar-refractivity contribution in [3.63, 3.8) is 0 Å². The average Bonchev–Trinajstić information content (AvgIpc) is 2.82. The molecule has 2 fully saturated rings. The summed E-state index contributed by atoms with van der Waals surface area (Å²) in [5.41, 5.74) is -1.61. The zero-order valence-corrected chi connectivity index (χ0v) is 20.9. The predicted molar refractivity (Wildman–Crippen MR) is 131 cm³/mol. The van der Waals surface area contributed by atoms with Crippen LogP contribution in [0.25, 0.3) is 11.1 Å². The largest absolute Gasteiger partial charge is 0.419 e. The highest BCUT2D eigenvalue weighted by atomic mass is 19.4. The summed E-state index contributed by atoms with van der Waals surface area (Å²) < 4.78 is 82.2. The van der Waals surface area contributed by atoms with E-state index in [1.165, 1.54) is 63.5 Å². The Kier molecular flexibility index (Phi) is 8.72. The summed E-state index contributed by atoms with van der Waals surface area (Å²) in [7, 11) is 0. The predicted octanol–water partition coefficient (Wildman–Crippen LogP) is 10.5. The molecule has 2 aliphatic rings. The van der Waals surface area contributed by atoms with Crippen LogP contribution in [-0.2, 0) is 6.18 Å². The second-order valence-electron chi connectivity index (χ2n) is 11.2. The Bertz CT molecular complexity index is 988. The molecule has 4 rings (SSSR count). The number of unbranched alkanes of at least 4 members (excludes halogenated alkanes) is 1. The molecule has 2 aromatic carbocycles. The Labute approximate surface area is 210 Å². The highest BCUT2D eigenvalue weighted by molar-refractivity contribution is 5.66. The number of rotatable bonds is 7. The summed E-state index contributed by atoms with van der Waals surface area (Å²) in [6, 6.07) is 4.51. The van der Waals surface area contributed by atoms with Crippen molar-refractivity contribution in [1.82, 2.24) is 0 Å².